The summed E-state index contributed by atoms with van der Waals surface area (Å²) in [5.74, 6) is 0.792. The maximum Gasteiger partial charge on any atom is -0.00905 e. The molecule has 11 heavy (non-hydrogen) atoms. The number of hydrogen-bond donors (Lipinski definition) is 0. The smallest absolute Gasteiger partial charge is 0.00905 e. The fourth-order valence-electron chi connectivity index (χ4n) is 2.03. The topological polar surface area (TPSA) is 0 Å². The fraction of sp³-hybridized carbons (Fsp3) is 0.818. The second-order valence-electron chi connectivity index (χ2n) is 4.48. The molecule has 0 heterocycles. The monoisotopic (exact) mass is 152 g/mol. The van der Waals surface area contributed by atoms with E-state index >= 15 is 0 Å². The van der Waals surface area contributed by atoms with Crippen LogP contribution in [0.5, 0.6) is 0 Å². The Balaban J connectivity index is 2.92. The molecule has 0 aromatic carbocycles. The molecule has 0 spiro atoms. The molecule has 0 amide bonds. The average Bonchev–Trinajstić information content (AvgIpc) is 2.18. The van der Waals surface area contributed by atoms with Gasteiger partial charge in [0.2, 0.25) is 0 Å². The third-order valence-electron chi connectivity index (χ3n) is 3.79. The third-order valence-corrected chi connectivity index (χ3v) is 3.79. The lowest BCUT2D eigenvalue weighted by Crippen LogP contribution is -2.21. The molecule has 1 rings (SSSR count). The Morgan fingerprint density at radius 1 is 1.27 bits per heavy atom. The standard InChI is InChI=1S/C11H20/c1-8(2)11(5)7-6-9(3)10(11)4/h8H,6-7H2,1-5H3. The molecule has 0 fully saturated rings. The number of rotatable bonds is 1. The van der Waals surface area contributed by atoms with E-state index in [-0.39, 0.29) is 0 Å². The van der Waals surface area contributed by atoms with Gasteiger partial charge in [0.15, 0.2) is 0 Å². The van der Waals surface area contributed by atoms with Crippen LogP contribution in [-0.2, 0) is 0 Å². The van der Waals surface area contributed by atoms with Gasteiger partial charge in [0.1, 0.15) is 0 Å². The largest absolute Gasteiger partial charge is 0.0738 e. The molecule has 1 aliphatic carbocycles. The van der Waals surface area contributed by atoms with Gasteiger partial charge in [0, 0.05) is 0 Å². The third kappa shape index (κ3) is 1.23. The van der Waals surface area contributed by atoms with Crippen molar-refractivity contribution in [3.05, 3.63) is 11.1 Å². The van der Waals surface area contributed by atoms with Gasteiger partial charge in [-0.25, -0.2) is 0 Å². The zero-order valence-electron chi connectivity index (χ0n) is 8.49. The van der Waals surface area contributed by atoms with Gasteiger partial charge >= 0.3 is 0 Å². The van der Waals surface area contributed by atoms with Crippen molar-refractivity contribution in [3.8, 4) is 0 Å². The predicted molar refractivity (Wildman–Crippen MR) is 50.6 cm³/mol. The predicted octanol–water partition coefficient (Wildman–Crippen LogP) is 3.78. The van der Waals surface area contributed by atoms with E-state index in [2.05, 4.69) is 34.6 Å². The van der Waals surface area contributed by atoms with Crippen molar-refractivity contribution in [1.82, 2.24) is 0 Å². The molecular weight excluding hydrogens is 132 g/mol. The minimum absolute atomic E-state index is 0.504. The van der Waals surface area contributed by atoms with E-state index in [0.29, 0.717) is 5.41 Å². The molecule has 0 radical (unpaired) electrons. The van der Waals surface area contributed by atoms with Crippen LogP contribution in [0.25, 0.3) is 0 Å². The van der Waals surface area contributed by atoms with Crippen molar-refractivity contribution >= 4 is 0 Å². The second kappa shape index (κ2) is 2.66. The molecule has 0 aliphatic heterocycles. The molecule has 1 unspecified atom stereocenters. The molecule has 0 saturated carbocycles. The lowest BCUT2D eigenvalue weighted by atomic mass is 9.74. The molecular formula is C11H20. The molecule has 0 N–H and O–H groups in total. The lowest BCUT2D eigenvalue weighted by molar-refractivity contribution is 0.274. The second-order valence-corrected chi connectivity index (χ2v) is 4.48. The van der Waals surface area contributed by atoms with Crippen LogP contribution in [0.4, 0.5) is 0 Å². The summed E-state index contributed by atoms with van der Waals surface area (Å²) < 4.78 is 0. The van der Waals surface area contributed by atoms with Crippen LogP contribution in [0.2, 0.25) is 0 Å². The van der Waals surface area contributed by atoms with Crippen LogP contribution in [0.3, 0.4) is 0 Å². The molecule has 0 saturated heterocycles. The maximum atomic E-state index is 2.41. The van der Waals surface area contributed by atoms with Gasteiger partial charge in [-0.05, 0) is 38.0 Å². The highest BCUT2D eigenvalue weighted by Crippen LogP contribution is 2.47. The molecule has 64 valence electrons. The van der Waals surface area contributed by atoms with Crippen molar-refractivity contribution in [1.29, 1.82) is 0 Å². The van der Waals surface area contributed by atoms with Crippen LogP contribution < -0.4 is 0 Å². The van der Waals surface area contributed by atoms with Gasteiger partial charge in [0.25, 0.3) is 0 Å². The van der Waals surface area contributed by atoms with E-state index in [9.17, 15) is 0 Å². The zero-order chi connectivity index (χ0) is 8.65. The Kier molecular flexibility index (Phi) is 2.13. The van der Waals surface area contributed by atoms with E-state index in [1.807, 2.05) is 0 Å². The summed E-state index contributed by atoms with van der Waals surface area (Å²) in [7, 11) is 0. The first-order chi connectivity index (χ1) is 4.98. The molecule has 0 nitrogen and oxygen atoms in total. The Morgan fingerprint density at radius 3 is 2.00 bits per heavy atom. The fourth-order valence-corrected chi connectivity index (χ4v) is 2.03. The summed E-state index contributed by atoms with van der Waals surface area (Å²) in [5.41, 5.74) is 3.78. The quantitative estimate of drug-likeness (QED) is 0.502. The highest BCUT2D eigenvalue weighted by molar-refractivity contribution is 5.24. The summed E-state index contributed by atoms with van der Waals surface area (Å²) >= 11 is 0. The van der Waals surface area contributed by atoms with E-state index in [1.165, 1.54) is 12.8 Å². The van der Waals surface area contributed by atoms with Crippen LogP contribution >= 0.6 is 0 Å². The van der Waals surface area contributed by atoms with Crippen molar-refractivity contribution < 1.29 is 0 Å². The van der Waals surface area contributed by atoms with Gasteiger partial charge in [-0.15, -0.1) is 0 Å². The highest BCUT2D eigenvalue weighted by Gasteiger charge is 2.34. The van der Waals surface area contributed by atoms with E-state index in [1.54, 1.807) is 11.1 Å². The van der Waals surface area contributed by atoms with Crippen LogP contribution in [0.15, 0.2) is 11.1 Å². The minimum Gasteiger partial charge on any atom is -0.0738 e. The number of allylic oxidation sites excluding steroid dienone is 2. The Labute approximate surface area is 70.7 Å². The van der Waals surface area contributed by atoms with Crippen LogP contribution in [0, 0.1) is 11.3 Å². The Morgan fingerprint density at radius 2 is 1.82 bits per heavy atom. The molecule has 0 heteroatoms. The summed E-state index contributed by atoms with van der Waals surface area (Å²) in [6.45, 7) is 11.7. The van der Waals surface area contributed by atoms with Crippen molar-refractivity contribution in [2.24, 2.45) is 11.3 Å². The molecule has 0 aromatic heterocycles. The first-order valence-electron chi connectivity index (χ1n) is 4.65. The first-order valence-corrected chi connectivity index (χ1v) is 4.65. The lowest BCUT2D eigenvalue weighted by Gasteiger charge is -2.31. The number of hydrogen-bond acceptors (Lipinski definition) is 0. The molecule has 1 aliphatic rings. The van der Waals surface area contributed by atoms with Gasteiger partial charge in [-0.1, -0.05) is 31.9 Å². The van der Waals surface area contributed by atoms with Crippen LogP contribution in [-0.4, -0.2) is 0 Å². The molecule has 1 atom stereocenters. The van der Waals surface area contributed by atoms with Gasteiger partial charge in [-0.2, -0.15) is 0 Å². The summed E-state index contributed by atoms with van der Waals surface area (Å²) in [4.78, 5) is 0. The van der Waals surface area contributed by atoms with E-state index in [0.717, 1.165) is 5.92 Å². The molecule has 0 aromatic rings. The van der Waals surface area contributed by atoms with E-state index < -0.39 is 0 Å². The van der Waals surface area contributed by atoms with E-state index in [4.69, 9.17) is 0 Å². The summed E-state index contributed by atoms with van der Waals surface area (Å²) in [5, 5.41) is 0. The van der Waals surface area contributed by atoms with Crippen LogP contribution in [0.1, 0.15) is 47.5 Å². The molecule has 0 bridgehead atoms. The maximum absolute atomic E-state index is 2.41. The van der Waals surface area contributed by atoms with Gasteiger partial charge in [0.05, 0.1) is 0 Å². The van der Waals surface area contributed by atoms with Crippen molar-refractivity contribution in [2.75, 3.05) is 0 Å². The van der Waals surface area contributed by atoms with Crippen molar-refractivity contribution in [2.45, 2.75) is 47.5 Å². The zero-order valence-corrected chi connectivity index (χ0v) is 8.49. The van der Waals surface area contributed by atoms with Gasteiger partial charge in [-0.3, -0.25) is 0 Å². The average molecular weight is 152 g/mol. The highest BCUT2D eigenvalue weighted by atomic mass is 14.4. The SMILES string of the molecule is CC1=C(C)C(C)(C(C)C)CC1. The Bertz CT molecular complexity index is 186. The first kappa shape index (κ1) is 8.83. The Hall–Kier alpha value is -0.260. The summed E-state index contributed by atoms with van der Waals surface area (Å²) in [6, 6.07) is 0. The normalized spacial score (nSPS) is 32.2. The summed E-state index contributed by atoms with van der Waals surface area (Å²) in [6.07, 6.45) is 2.68. The van der Waals surface area contributed by atoms with Gasteiger partial charge < -0.3 is 0 Å². The van der Waals surface area contributed by atoms with Crippen molar-refractivity contribution in [3.63, 3.8) is 0 Å². The minimum atomic E-state index is 0.504.